The maximum atomic E-state index is 12.7. The van der Waals surface area contributed by atoms with E-state index in [1.165, 1.54) is 7.11 Å². The number of methoxy groups -OCH3 is 4. The zero-order chi connectivity index (χ0) is 20.8. The number of fused-ring (bicyclic) bond motifs is 1. The van der Waals surface area contributed by atoms with Crippen molar-refractivity contribution in [2.45, 2.75) is 6.10 Å². The van der Waals surface area contributed by atoms with Gasteiger partial charge >= 0.3 is 5.97 Å². The van der Waals surface area contributed by atoms with Crippen LogP contribution in [0.2, 0.25) is 0 Å². The van der Waals surface area contributed by atoms with Gasteiger partial charge in [0.2, 0.25) is 0 Å². The lowest BCUT2D eigenvalue weighted by Gasteiger charge is -2.28. The summed E-state index contributed by atoms with van der Waals surface area (Å²) in [6.07, 6.45) is -0.527. The van der Waals surface area contributed by atoms with Gasteiger partial charge in [-0.3, -0.25) is 0 Å². The molecule has 7 heteroatoms. The Kier molecular flexibility index (Phi) is 6.95. The van der Waals surface area contributed by atoms with E-state index in [4.69, 9.17) is 23.7 Å². The summed E-state index contributed by atoms with van der Waals surface area (Å²) in [7, 11) is 6.41. The van der Waals surface area contributed by atoms with Crippen molar-refractivity contribution < 1.29 is 28.5 Å². The fraction of sp³-hybridized carbons (Fsp3) is 0.409. The first kappa shape index (κ1) is 21.0. The van der Waals surface area contributed by atoms with E-state index in [9.17, 15) is 4.79 Å². The van der Waals surface area contributed by atoms with Gasteiger partial charge in [-0.1, -0.05) is 24.3 Å². The van der Waals surface area contributed by atoms with Crippen LogP contribution in [-0.4, -0.2) is 60.7 Å². The van der Waals surface area contributed by atoms with Crippen LogP contribution in [0.25, 0.3) is 0 Å². The number of rotatable bonds is 10. The van der Waals surface area contributed by atoms with Gasteiger partial charge in [-0.25, -0.2) is 4.79 Å². The average molecular weight is 401 g/mol. The number of para-hydroxylation sites is 1. The lowest BCUT2D eigenvalue weighted by atomic mass is 9.96. The van der Waals surface area contributed by atoms with Crippen LogP contribution in [0, 0.1) is 0 Å². The van der Waals surface area contributed by atoms with E-state index in [-0.39, 0.29) is 0 Å². The van der Waals surface area contributed by atoms with Crippen LogP contribution in [0.15, 0.2) is 36.4 Å². The molecule has 3 rings (SSSR count). The van der Waals surface area contributed by atoms with Crippen molar-refractivity contribution in [3.05, 3.63) is 53.1 Å². The van der Waals surface area contributed by atoms with Crippen LogP contribution >= 0.6 is 0 Å². The first-order valence-electron chi connectivity index (χ1n) is 9.43. The third kappa shape index (κ3) is 4.16. The van der Waals surface area contributed by atoms with E-state index in [0.29, 0.717) is 43.4 Å². The first-order chi connectivity index (χ1) is 14.2. The van der Waals surface area contributed by atoms with E-state index in [0.717, 1.165) is 16.8 Å². The van der Waals surface area contributed by atoms with Gasteiger partial charge in [0.1, 0.15) is 5.56 Å². The molecule has 29 heavy (non-hydrogen) atoms. The summed E-state index contributed by atoms with van der Waals surface area (Å²) in [4.78, 5) is 14.9. The number of cyclic esters (lactones) is 1. The van der Waals surface area contributed by atoms with Crippen LogP contribution in [0.3, 0.4) is 0 Å². The lowest BCUT2D eigenvalue weighted by molar-refractivity contribution is 0.0454. The minimum Gasteiger partial charge on any atom is -0.493 e. The van der Waals surface area contributed by atoms with Crippen LogP contribution in [0.4, 0.5) is 5.69 Å². The number of ether oxygens (including phenoxy) is 5. The summed E-state index contributed by atoms with van der Waals surface area (Å²) < 4.78 is 27.1. The highest BCUT2D eigenvalue weighted by Crippen LogP contribution is 2.46. The van der Waals surface area contributed by atoms with Crippen molar-refractivity contribution in [3.8, 4) is 11.5 Å². The predicted molar refractivity (Wildman–Crippen MR) is 109 cm³/mol. The molecule has 1 aliphatic heterocycles. The second-order valence-electron chi connectivity index (χ2n) is 6.58. The number of esters is 1. The molecule has 0 amide bonds. The van der Waals surface area contributed by atoms with Crippen molar-refractivity contribution in [1.29, 1.82) is 0 Å². The van der Waals surface area contributed by atoms with E-state index < -0.39 is 12.1 Å². The SMILES string of the molecule is COCCN(CCOC)c1ccccc1C1OC(=O)c2c1ccc(OC)c2OC. The van der Waals surface area contributed by atoms with Crippen LogP contribution in [0.5, 0.6) is 11.5 Å². The molecule has 0 aromatic heterocycles. The van der Waals surface area contributed by atoms with Gasteiger partial charge in [-0.15, -0.1) is 0 Å². The minimum absolute atomic E-state index is 0.394. The zero-order valence-corrected chi connectivity index (χ0v) is 17.3. The second kappa shape index (κ2) is 9.62. The van der Waals surface area contributed by atoms with Crippen molar-refractivity contribution in [3.63, 3.8) is 0 Å². The first-order valence-corrected chi connectivity index (χ1v) is 9.43. The maximum Gasteiger partial charge on any atom is 0.343 e. The van der Waals surface area contributed by atoms with Gasteiger partial charge in [-0.2, -0.15) is 0 Å². The maximum absolute atomic E-state index is 12.7. The number of anilines is 1. The monoisotopic (exact) mass is 401 g/mol. The lowest BCUT2D eigenvalue weighted by Crippen LogP contribution is -2.31. The third-order valence-electron chi connectivity index (χ3n) is 4.98. The third-order valence-corrected chi connectivity index (χ3v) is 4.98. The number of hydrogen-bond acceptors (Lipinski definition) is 7. The molecule has 1 aliphatic rings. The number of nitrogens with zero attached hydrogens (tertiary/aromatic N) is 1. The summed E-state index contributed by atoms with van der Waals surface area (Å²) in [5.74, 6) is 0.473. The van der Waals surface area contributed by atoms with Crippen LogP contribution in [0.1, 0.15) is 27.6 Å². The minimum atomic E-state index is -0.527. The molecule has 1 unspecified atom stereocenters. The van der Waals surface area contributed by atoms with Crippen molar-refractivity contribution in [2.75, 3.05) is 59.6 Å². The quantitative estimate of drug-likeness (QED) is 0.567. The van der Waals surface area contributed by atoms with Crippen molar-refractivity contribution in [1.82, 2.24) is 0 Å². The summed E-state index contributed by atoms with van der Waals surface area (Å²) >= 11 is 0. The number of carbonyl (C=O) groups excluding carboxylic acids is 1. The normalized spacial score (nSPS) is 15.0. The van der Waals surface area contributed by atoms with Gasteiger partial charge in [0, 0.05) is 44.1 Å². The Hall–Kier alpha value is -2.77. The topological polar surface area (TPSA) is 66.5 Å². The van der Waals surface area contributed by atoms with Gasteiger partial charge in [0.15, 0.2) is 17.6 Å². The van der Waals surface area contributed by atoms with Crippen LogP contribution < -0.4 is 14.4 Å². The van der Waals surface area contributed by atoms with E-state index >= 15 is 0 Å². The highest BCUT2D eigenvalue weighted by atomic mass is 16.6. The molecular formula is C22H27NO6. The standard InChI is InChI=1S/C22H27NO6/c1-25-13-11-23(12-14-26-2)17-8-6-5-7-15(17)20-16-9-10-18(27-3)21(28-4)19(16)22(24)29-20/h5-10,20H,11-14H2,1-4H3. The molecule has 0 saturated carbocycles. The molecule has 156 valence electrons. The summed E-state index contributed by atoms with van der Waals surface area (Å²) in [6.45, 7) is 2.53. The molecule has 1 heterocycles. The van der Waals surface area contributed by atoms with Crippen LogP contribution in [-0.2, 0) is 14.2 Å². The number of benzene rings is 2. The second-order valence-corrected chi connectivity index (χ2v) is 6.58. The summed E-state index contributed by atoms with van der Waals surface area (Å²) in [5, 5.41) is 0. The zero-order valence-electron chi connectivity index (χ0n) is 17.3. The van der Waals surface area contributed by atoms with Crippen molar-refractivity contribution >= 4 is 11.7 Å². The fourth-order valence-corrected chi connectivity index (χ4v) is 3.58. The summed E-state index contributed by atoms with van der Waals surface area (Å²) in [5.41, 5.74) is 3.05. The number of hydrogen-bond donors (Lipinski definition) is 0. The molecule has 7 nitrogen and oxygen atoms in total. The van der Waals surface area contributed by atoms with Gasteiger partial charge < -0.3 is 28.6 Å². The molecule has 0 bridgehead atoms. The Morgan fingerprint density at radius 3 is 2.21 bits per heavy atom. The molecule has 0 spiro atoms. The molecule has 2 aromatic carbocycles. The fourth-order valence-electron chi connectivity index (χ4n) is 3.58. The Bertz CT molecular complexity index is 845. The molecule has 2 aromatic rings. The van der Waals surface area contributed by atoms with E-state index in [1.54, 1.807) is 27.4 Å². The number of carbonyl (C=O) groups is 1. The Labute approximate surface area is 171 Å². The largest absolute Gasteiger partial charge is 0.493 e. The van der Waals surface area contributed by atoms with E-state index in [2.05, 4.69) is 4.90 Å². The molecule has 0 fully saturated rings. The highest BCUT2D eigenvalue weighted by molar-refractivity contribution is 5.98. The Morgan fingerprint density at radius 1 is 0.897 bits per heavy atom. The Balaban J connectivity index is 2.04. The van der Waals surface area contributed by atoms with Crippen molar-refractivity contribution in [2.24, 2.45) is 0 Å². The highest BCUT2D eigenvalue weighted by Gasteiger charge is 2.38. The molecule has 0 saturated heterocycles. The molecule has 0 aliphatic carbocycles. The smallest absolute Gasteiger partial charge is 0.343 e. The molecule has 0 radical (unpaired) electrons. The summed E-state index contributed by atoms with van der Waals surface area (Å²) in [6, 6.07) is 11.6. The van der Waals surface area contributed by atoms with Gasteiger partial charge in [0.05, 0.1) is 27.4 Å². The van der Waals surface area contributed by atoms with E-state index in [1.807, 2.05) is 30.3 Å². The predicted octanol–water partition coefficient (Wildman–Crippen LogP) is 3.06. The van der Waals surface area contributed by atoms with Gasteiger partial charge in [-0.05, 0) is 12.1 Å². The average Bonchev–Trinajstić information content (AvgIpc) is 3.09. The molecule has 1 atom stereocenters. The molecular weight excluding hydrogens is 374 g/mol. The Morgan fingerprint density at radius 2 is 1.59 bits per heavy atom. The van der Waals surface area contributed by atoms with Gasteiger partial charge in [0.25, 0.3) is 0 Å². The molecule has 0 N–H and O–H groups in total.